The van der Waals surface area contributed by atoms with Gasteiger partial charge in [0.15, 0.2) is 0 Å². The van der Waals surface area contributed by atoms with Gasteiger partial charge in [-0.3, -0.25) is 9.78 Å². The van der Waals surface area contributed by atoms with Gasteiger partial charge in [0.25, 0.3) is 5.91 Å². The summed E-state index contributed by atoms with van der Waals surface area (Å²) in [6, 6.07) is 8.48. The lowest BCUT2D eigenvalue weighted by Gasteiger charge is -2.21. The first-order valence-electron chi connectivity index (χ1n) is 5.90. The lowest BCUT2D eigenvalue weighted by Crippen LogP contribution is -2.30. The molecule has 0 radical (unpaired) electrons. The molecule has 0 spiro atoms. The predicted molar refractivity (Wildman–Crippen MR) is 77.5 cm³/mol. The van der Waals surface area contributed by atoms with E-state index in [1.165, 1.54) is 0 Å². The summed E-state index contributed by atoms with van der Waals surface area (Å²) in [7, 11) is 0. The number of amides is 1. The van der Waals surface area contributed by atoms with Crippen molar-refractivity contribution in [3.8, 4) is 0 Å². The maximum Gasteiger partial charge on any atom is 0.258 e. The molecular weight excluding hydrogens is 262 g/mol. The van der Waals surface area contributed by atoms with E-state index >= 15 is 0 Å². The summed E-state index contributed by atoms with van der Waals surface area (Å²) < 4.78 is 0. The summed E-state index contributed by atoms with van der Waals surface area (Å²) in [5.74, 6) is -0.114. The summed E-state index contributed by atoms with van der Waals surface area (Å²) >= 11 is 5.86. The van der Waals surface area contributed by atoms with Gasteiger partial charge in [0.1, 0.15) is 0 Å². The molecule has 0 unspecified atom stereocenters. The van der Waals surface area contributed by atoms with E-state index in [0.29, 0.717) is 22.8 Å². The average Bonchev–Trinajstić information content (AvgIpc) is 2.44. The maximum absolute atomic E-state index is 12.4. The molecule has 19 heavy (non-hydrogen) atoms. The summed E-state index contributed by atoms with van der Waals surface area (Å²) in [5.41, 5.74) is 7.44. The summed E-state index contributed by atoms with van der Waals surface area (Å²) in [6.45, 7) is 2.48. The number of pyridine rings is 1. The van der Waals surface area contributed by atoms with Crippen molar-refractivity contribution in [2.24, 2.45) is 0 Å². The van der Waals surface area contributed by atoms with Crippen LogP contribution in [0.1, 0.15) is 17.3 Å². The molecule has 0 atom stereocenters. The lowest BCUT2D eigenvalue weighted by atomic mass is 10.1. The second-order valence-electron chi connectivity index (χ2n) is 3.99. The number of carbonyl (C=O) groups excluding carboxylic acids is 1. The standard InChI is InChI=1S/C14H14ClN3O/c1-2-18(11-5-7-17-8-6-11)14(19)10-3-4-12(15)13(16)9-10/h3-9H,2,16H2,1H3. The molecule has 0 saturated heterocycles. The molecule has 2 rings (SSSR count). The largest absolute Gasteiger partial charge is 0.398 e. The van der Waals surface area contributed by atoms with Gasteiger partial charge in [-0.2, -0.15) is 0 Å². The van der Waals surface area contributed by atoms with Crippen LogP contribution in [0.25, 0.3) is 0 Å². The zero-order chi connectivity index (χ0) is 13.8. The highest BCUT2D eigenvalue weighted by Crippen LogP contribution is 2.22. The van der Waals surface area contributed by atoms with Gasteiger partial charge in [-0.1, -0.05) is 11.6 Å². The quantitative estimate of drug-likeness (QED) is 0.876. The molecule has 0 fully saturated rings. The van der Waals surface area contributed by atoms with Crippen molar-refractivity contribution < 1.29 is 4.79 Å². The van der Waals surface area contributed by atoms with Crippen molar-refractivity contribution in [2.45, 2.75) is 6.92 Å². The molecule has 1 aromatic carbocycles. The summed E-state index contributed by atoms with van der Waals surface area (Å²) in [6.07, 6.45) is 3.31. The van der Waals surface area contributed by atoms with Crippen LogP contribution >= 0.6 is 11.6 Å². The SMILES string of the molecule is CCN(C(=O)c1ccc(Cl)c(N)c1)c1ccncc1. The molecule has 0 aliphatic heterocycles. The zero-order valence-electron chi connectivity index (χ0n) is 10.5. The van der Waals surface area contributed by atoms with Crippen molar-refractivity contribution in [2.75, 3.05) is 17.2 Å². The monoisotopic (exact) mass is 275 g/mol. The number of benzene rings is 1. The molecule has 5 heteroatoms. The molecule has 2 aromatic rings. The Labute approximate surface area is 116 Å². The minimum absolute atomic E-state index is 0.114. The Morgan fingerprint density at radius 3 is 2.58 bits per heavy atom. The molecule has 0 aliphatic carbocycles. The van der Waals surface area contributed by atoms with E-state index in [9.17, 15) is 4.79 Å². The van der Waals surface area contributed by atoms with Gasteiger partial charge >= 0.3 is 0 Å². The minimum atomic E-state index is -0.114. The Kier molecular flexibility index (Phi) is 4.02. The van der Waals surface area contributed by atoms with Crippen molar-refractivity contribution in [1.82, 2.24) is 4.98 Å². The number of hydrogen-bond acceptors (Lipinski definition) is 3. The maximum atomic E-state index is 12.4. The third-order valence-electron chi connectivity index (χ3n) is 2.78. The van der Waals surface area contributed by atoms with Gasteiger partial charge in [0, 0.05) is 30.2 Å². The van der Waals surface area contributed by atoms with Crippen LogP contribution in [0.15, 0.2) is 42.7 Å². The fourth-order valence-corrected chi connectivity index (χ4v) is 1.92. The molecule has 98 valence electrons. The van der Waals surface area contributed by atoms with Gasteiger partial charge in [-0.25, -0.2) is 0 Å². The Hall–Kier alpha value is -2.07. The highest BCUT2D eigenvalue weighted by atomic mass is 35.5. The van der Waals surface area contributed by atoms with Crippen LogP contribution < -0.4 is 10.6 Å². The highest BCUT2D eigenvalue weighted by molar-refractivity contribution is 6.33. The topological polar surface area (TPSA) is 59.2 Å². The molecule has 0 aliphatic rings. The highest BCUT2D eigenvalue weighted by Gasteiger charge is 2.16. The number of rotatable bonds is 3. The zero-order valence-corrected chi connectivity index (χ0v) is 11.3. The van der Waals surface area contributed by atoms with Crippen LogP contribution in [0, 0.1) is 0 Å². The van der Waals surface area contributed by atoms with Crippen LogP contribution in [0.5, 0.6) is 0 Å². The molecule has 1 heterocycles. The summed E-state index contributed by atoms with van der Waals surface area (Å²) in [5, 5.41) is 0.448. The molecular formula is C14H14ClN3O. The lowest BCUT2D eigenvalue weighted by molar-refractivity contribution is 0.0988. The first-order valence-corrected chi connectivity index (χ1v) is 6.28. The molecule has 1 amide bonds. The predicted octanol–water partition coefficient (Wildman–Crippen LogP) is 2.98. The second kappa shape index (κ2) is 5.71. The number of hydrogen-bond donors (Lipinski definition) is 1. The van der Waals surface area contributed by atoms with E-state index < -0.39 is 0 Å². The second-order valence-corrected chi connectivity index (χ2v) is 4.40. The van der Waals surface area contributed by atoms with E-state index in [1.807, 2.05) is 6.92 Å². The van der Waals surface area contributed by atoms with E-state index in [4.69, 9.17) is 17.3 Å². The first-order chi connectivity index (χ1) is 9.13. The normalized spacial score (nSPS) is 10.2. The van der Waals surface area contributed by atoms with Crippen LogP contribution in [0.3, 0.4) is 0 Å². The van der Waals surface area contributed by atoms with Crippen LogP contribution in [-0.4, -0.2) is 17.4 Å². The van der Waals surface area contributed by atoms with E-state index in [-0.39, 0.29) is 5.91 Å². The fourth-order valence-electron chi connectivity index (χ4n) is 1.80. The number of nitrogen functional groups attached to an aromatic ring is 1. The van der Waals surface area contributed by atoms with Crippen LogP contribution in [-0.2, 0) is 0 Å². The third kappa shape index (κ3) is 2.85. The molecule has 2 N–H and O–H groups in total. The number of carbonyl (C=O) groups is 1. The molecule has 1 aromatic heterocycles. The first kappa shape index (κ1) is 13.4. The van der Waals surface area contributed by atoms with Crippen molar-refractivity contribution in [3.05, 3.63) is 53.3 Å². The minimum Gasteiger partial charge on any atom is -0.398 e. The van der Waals surface area contributed by atoms with E-state index in [2.05, 4.69) is 4.98 Å². The molecule has 4 nitrogen and oxygen atoms in total. The van der Waals surface area contributed by atoms with E-state index in [1.54, 1.807) is 47.6 Å². The molecule has 0 saturated carbocycles. The Balaban J connectivity index is 2.33. The van der Waals surface area contributed by atoms with Crippen molar-refractivity contribution in [3.63, 3.8) is 0 Å². The Bertz CT molecular complexity index is 586. The van der Waals surface area contributed by atoms with Crippen LogP contribution in [0.2, 0.25) is 5.02 Å². The number of nitrogens with two attached hydrogens (primary N) is 1. The Morgan fingerprint density at radius 1 is 1.32 bits per heavy atom. The third-order valence-corrected chi connectivity index (χ3v) is 3.12. The van der Waals surface area contributed by atoms with Gasteiger partial charge in [-0.05, 0) is 37.3 Å². The number of aromatic nitrogens is 1. The summed E-state index contributed by atoms with van der Waals surface area (Å²) in [4.78, 5) is 18.0. The van der Waals surface area contributed by atoms with Crippen molar-refractivity contribution in [1.29, 1.82) is 0 Å². The van der Waals surface area contributed by atoms with E-state index in [0.717, 1.165) is 5.69 Å². The number of nitrogens with zero attached hydrogens (tertiary/aromatic N) is 2. The fraction of sp³-hybridized carbons (Fsp3) is 0.143. The smallest absolute Gasteiger partial charge is 0.258 e. The van der Waals surface area contributed by atoms with Crippen LogP contribution in [0.4, 0.5) is 11.4 Å². The average molecular weight is 276 g/mol. The molecule has 0 bridgehead atoms. The van der Waals surface area contributed by atoms with Gasteiger partial charge in [0.2, 0.25) is 0 Å². The number of anilines is 2. The van der Waals surface area contributed by atoms with Gasteiger partial charge in [-0.15, -0.1) is 0 Å². The van der Waals surface area contributed by atoms with Crippen molar-refractivity contribution >= 4 is 28.9 Å². The Morgan fingerprint density at radius 2 is 2.00 bits per heavy atom. The van der Waals surface area contributed by atoms with Gasteiger partial charge in [0.05, 0.1) is 10.7 Å². The van der Waals surface area contributed by atoms with Gasteiger partial charge < -0.3 is 10.6 Å². The number of halogens is 1.